The van der Waals surface area contributed by atoms with Gasteiger partial charge in [-0.1, -0.05) is 12.1 Å². The smallest absolute Gasteiger partial charge is 0.249 e. The summed E-state index contributed by atoms with van der Waals surface area (Å²) in [4.78, 5) is 16.5. The van der Waals surface area contributed by atoms with Crippen molar-refractivity contribution >= 4 is 23.2 Å². The third-order valence-electron chi connectivity index (χ3n) is 4.81. The predicted octanol–water partition coefficient (Wildman–Crippen LogP) is 2.57. The number of amides is 1. The van der Waals surface area contributed by atoms with Crippen molar-refractivity contribution in [3.63, 3.8) is 0 Å². The highest BCUT2D eigenvalue weighted by molar-refractivity contribution is 5.93. The number of hydrogen-bond acceptors (Lipinski definition) is 5. The molecule has 28 heavy (non-hydrogen) atoms. The average Bonchev–Trinajstić information content (AvgIpc) is 3.31. The minimum atomic E-state index is -0.00577. The van der Waals surface area contributed by atoms with Crippen LogP contribution in [-0.4, -0.2) is 30.3 Å². The fraction of sp³-hybridized carbons (Fsp3) is 0.200. The second-order valence-corrected chi connectivity index (χ2v) is 7.06. The Morgan fingerprint density at radius 1 is 1.21 bits per heavy atom. The van der Waals surface area contributed by atoms with Crippen LogP contribution in [0.2, 0.25) is 0 Å². The predicted molar refractivity (Wildman–Crippen MR) is 106 cm³/mol. The van der Waals surface area contributed by atoms with Crippen LogP contribution in [0, 0.1) is 5.92 Å². The molecule has 1 saturated carbocycles. The molecule has 1 aliphatic carbocycles. The second kappa shape index (κ2) is 6.49. The lowest BCUT2D eigenvalue weighted by Gasteiger charge is -2.02. The molecule has 0 aliphatic heterocycles. The lowest BCUT2D eigenvalue weighted by molar-refractivity contribution is -0.117. The van der Waals surface area contributed by atoms with Gasteiger partial charge in [-0.25, -0.2) is 4.52 Å². The van der Waals surface area contributed by atoms with E-state index in [0.29, 0.717) is 18.1 Å². The molecule has 4 aromatic rings. The van der Waals surface area contributed by atoms with Gasteiger partial charge in [0.25, 0.3) is 0 Å². The maximum Gasteiger partial charge on any atom is 0.249 e. The average molecular weight is 373 g/mol. The second-order valence-electron chi connectivity index (χ2n) is 7.06. The van der Waals surface area contributed by atoms with Crippen LogP contribution in [0.5, 0.6) is 0 Å². The molecule has 8 nitrogen and oxygen atoms in total. The Hall–Kier alpha value is -3.68. The van der Waals surface area contributed by atoms with Gasteiger partial charge in [-0.3, -0.25) is 14.8 Å². The van der Waals surface area contributed by atoms with Crippen molar-refractivity contribution in [1.82, 2.24) is 24.4 Å². The number of hydrogen-bond donors (Lipinski definition) is 2. The molecule has 0 saturated heterocycles. The molecule has 8 heteroatoms. The quantitative estimate of drug-likeness (QED) is 0.523. The van der Waals surface area contributed by atoms with Crippen molar-refractivity contribution in [1.29, 1.82) is 0 Å². The third-order valence-corrected chi connectivity index (χ3v) is 4.81. The van der Waals surface area contributed by atoms with E-state index in [9.17, 15) is 4.79 Å². The highest BCUT2D eigenvalue weighted by atomic mass is 16.2. The molecule has 3 heterocycles. The number of aromatic nitrogens is 5. The van der Waals surface area contributed by atoms with Gasteiger partial charge in [0.2, 0.25) is 11.9 Å². The summed E-state index contributed by atoms with van der Waals surface area (Å²) in [5.74, 6) is 0.435. The first-order valence-corrected chi connectivity index (χ1v) is 9.19. The van der Waals surface area contributed by atoms with Gasteiger partial charge in [0.1, 0.15) is 0 Å². The standard InChI is InChI=1S/C20H19N7O/c21-16-7-3-13(4-8-16)11-26-12-15(10-22-26)17-2-1-9-27-18(17)23-20(25-27)24-19(28)14-5-6-14/h1-4,7-10,12,14H,5-6,11,21H2,(H,24,25,28). The van der Waals surface area contributed by atoms with Crippen LogP contribution in [0.25, 0.3) is 16.8 Å². The Labute approximate surface area is 161 Å². The Bertz CT molecular complexity index is 1150. The van der Waals surface area contributed by atoms with Gasteiger partial charge in [0.05, 0.1) is 12.7 Å². The lowest BCUT2D eigenvalue weighted by Crippen LogP contribution is -2.14. The summed E-state index contributed by atoms with van der Waals surface area (Å²) >= 11 is 0. The van der Waals surface area contributed by atoms with Crippen LogP contribution >= 0.6 is 0 Å². The normalized spacial score (nSPS) is 13.7. The summed E-state index contributed by atoms with van der Waals surface area (Å²) in [7, 11) is 0. The summed E-state index contributed by atoms with van der Waals surface area (Å²) in [6.45, 7) is 0.652. The minimum Gasteiger partial charge on any atom is -0.399 e. The molecule has 1 aliphatic rings. The lowest BCUT2D eigenvalue weighted by atomic mass is 10.1. The SMILES string of the molecule is Nc1ccc(Cn2cc(-c3cccn4nc(NC(=O)C5CC5)nc34)cn2)cc1. The van der Waals surface area contributed by atoms with Gasteiger partial charge in [0.15, 0.2) is 5.65 Å². The molecular formula is C20H19N7O. The fourth-order valence-corrected chi connectivity index (χ4v) is 3.14. The highest BCUT2D eigenvalue weighted by Gasteiger charge is 2.30. The number of rotatable bonds is 5. The number of nitrogen functional groups attached to an aromatic ring is 1. The number of nitrogens with one attached hydrogen (secondary N) is 1. The van der Waals surface area contributed by atoms with E-state index in [4.69, 9.17) is 5.73 Å². The van der Waals surface area contributed by atoms with E-state index in [1.807, 2.05) is 59.7 Å². The Kier molecular flexibility index (Phi) is 3.82. The van der Waals surface area contributed by atoms with Crippen LogP contribution < -0.4 is 11.1 Å². The number of pyridine rings is 1. The molecule has 1 amide bonds. The molecule has 3 N–H and O–H groups in total. The van der Waals surface area contributed by atoms with Gasteiger partial charge >= 0.3 is 0 Å². The maximum absolute atomic E-state index is 12.0. The number of fused-ring (bicyclic) bond motifs is 1. The van der Waals surface area contributed by atoms with Gasteiger partial charge < -0.3 is 5.73 Å². The van der Waals surface area contributed by atoms with Crippen molar-refractivity contribution in [2.75, 3.05) is 11.1 Å². The summed E-state index contributed by atoms with van der Waals surface area (Å²) in [6.07, 6.45) is 7.49. The van der Waals surface area contributed by atoms with Crippen LogP contribution in [0.15, 0.2) is 55.0 Å². The molecule has 0 bridgehead atoms. The first-order chi connectivity index (χ1) is 13.7. The summed E-state index contributed by atoms with van der Waals surface area (Å²) in [5.41, 5.74) is 10.1. The van der Waals surface area contributed by atoms with Crippen LogP contribution in [0.4, 0.5) is 11.6 Å². The first kappa shape index (κ1) is 16.5. The third kappa shape index (κ3) is 3.20. The van der Waals surface area contributed by atoms with Crippen molar-refractivity contribution < 1.29 is 4.79 Å². The molecule has 1 fully saturated rings. The zero-order valence-electron chi connectivity index (χ0n) is 15.1. The van der Waals surface area contributed by atoms with E-state index in [1.165, 1.54) is 0 Å². The van der Waals surface area contributed by atoms with Crippen molar-refractivity contribution in [2.45, 2.75) is 19.4 Å². The van der Waals surface area contributed by atoms with Crippen LogP contribution in [-0.2, 0) is 11.3 Å². The number of nitrogens with two attached hydrogens (primary N) is 1. The van der Waals surface area contributed by atoms with Gasteiger partial charge in [-0.15, -0.1) is 5.10 Å². The Morgan fingerprint density at radius 3 is 2.82 bits per heavy atom. The molecule has 0 atom stereocenters. The maximum atomic E-state index is 12.0. The highest BCUT2D eigenvalue weighted by Crippen LogP contribution is 2.30. The molecular weight excluding hydrogens is 354 g/mol. The van der Waals surface area contributed by atoms with E-state index < -0.39 is 0 Å². The van der Waals surface area contributed by atoms with E-state index >= 15 is 0 Å². The molecule has 140 valence electrons. The first-order valence-electron chi connectivity index (χ1n) is 9.19. The van der Waals surface area contributed by atoms with E-state index in [2.05, 4.69) is 20.5 Å². The molecule has 1 aromatic carbocycles. The van der Waals surface area contributed by atoms with Crippen molar-refractivity contribution in [3.05, 3.63) is 60.6 Å². The number of carbonyl (C=O) groups excluding carboxylic acids is 1. The number of carbonyl (C=O) groups is 1. The zero-order valence-corrected chi connectivity index (χ0v) is 15.1. The monoisotopic (exact) mass is 373 g/mol. The molecule has 0 unspecified atom stereocenters. The molecule has 0 spiro atoms. The van der Waals surface area contributed by atoms with E-state index in [1.54, 1.807) is 4.52 Å². The van der Waals surface area contributed by atoms with Gasteiger partial charge in [-0.05, 0) is 42.7 Å². The van der Waals surface area contributed by atoms with Gasteiger partial charge in [0, 0.05) is 35.1 Å². The van der Waals surface area contributed by atoms with Crippen LogP contribution in [0.1, 0.15) is 18.4 Å². The number of anilines is 2. The molecule has 0 radical (unpaired) electrons. The number of nitrogens with zero attached hydrogens (tertiary/aromatic N) is 5. The molecule has 5 rings (SSSR count). The Balaban J connectivity index is 1.42. The minimum absolute atomic E-state index is 0.00577. The molecule has 3 aromatic heterocycles. The number of benzene rings is 1. The largest absolute Gasteiger partial charge is 0.399 e. The van der Waals surface area contributed by atoms with E-state index in [0.717, 1.165) is 35.2 Å². The summed E-state index contributed by atoms with van der Waals surface area (Å²) < 4.78 is 3.55. The Morgan fingerprint density at radius 2 is 2.04 bits per heavy atom. The van der Waals surface area contributed by atoms with Gasteiger partial charge in [-0.2, -0.15) is 10.1 Å². The van der Waals surface area contributed by atoms with E-state index in [-0.39, 0.29) is 11.8 Å². The summed E-state index contributed by atoms with van der Waals surface area (Å²) in [6, 6.07) is 11.6. The topological polar surface area (TPSA) is 103 Å². The van der Waals surface area contributed by atoms with Crippen LogP contribution in [0.3, 0.4) is 0 Å². The fourth-order valence-electron chi connectivity index (χ4n) is 3.14. The zero-order chi connectivity index (χ0) is 19.1. The summed E-state index contributed by atoms with van der Waals surface area (Å²) in [5, 5.41) is 11.6. The van der Waals surface area contributed by atoms with Crippen molar-refractivity contribution in [3.8, 4) is 11.1 Å². The van der Waals surface area contributed by atoms with Crippen molar-refractivity contribution in [2.24, 2.45) is 5.92 Å².